The van der Waals surface area contributed by atoms with Crippen molar-refractivity contribution in [3.05, 3.63) is 34.9 Å². The van der Waals surface area contributed by atoms with Gasteiger partial charge in [0.2, 0.25) is 0 Å². The highest BCUT2D eigenvalue weighted by Gasteiger charge is 2.09. The third-order valence-electron chi connectivity index (χ3n) is 2.74. The lowest BCUT2D eigenvalue weighted by molar-refractivity contribution is 0.837. The van der Waals surface area contributed by atoms with E-state index in [-0.39, 0.29) is 0 Å². The van der Waals surface area contributed by atoms with Crippen molar-refractivity contribution < 1.29 is 0 Å². The third kappa shape index (κ3) is 3.27. The number of hydrogen-bond acceptors (Lipinski definition) is 1. The Balaban J connectivity index is 3.09. The summed E-state index contributed by atoms with van der Waals surface area (Å²) in [6.07, 6.45) is 4.65. The van der Waals surface area contributed by atoms with E-state index in [0.29, 0.717) is 5.92 Å². The lowest BCUT2D eigenvalue weighted by atomic mass is 9.92. The minimum absolute atomic E-state index is 0.643. The number of rotatable bonds is 5. The molecule has 1 rings (SSSR count). The van der Waals surface area contributed by atoms with Gasteiger partial charge in [0.05, 0.1) is 0 Å². The van der Waals surface area contributed by atoms with E-state index in [4.69, 9.17) is 0 Å². The number of thioether (sulfide) groups is 1. The second-order valence-electron chi connectivity index (χ2n) is 4.32. The molecule has 0 fully saturated rings. The molecule has 0 N–H and O–H groups in total. The zero-order chi connectivity index (χ0) is 11.3. The fraction of sp³-hybridized carbons (Fsp3) is 0.571. The Morgan fingerprint density at radius 3 is 2.53 bits per heavy atom. The molecule has 0 amide bonds. The first kappa shape index (κ1) is 12.6. The Morgan fingerprint density at radius 2 is 2.00 bits per heavy atom. The van der Waals surface area contributed by atoms with E-state index in [2.05, 4.69) is 45.2 Å². The van der Waals surface area contributed by atoms with Crippen molar-refractivity contribution in [2.24, 2.45) is 0 Å². The molecule has 0 heterocycles. The molecule has 15 heavy (non-hydrogen) atoms. The fourth-order valence-corrected chi connectivity index (χ4v) is 2.66. The molecule has 0 aromatic heterocycles. The summed E-state index contributed by atoms with van der Waals surface area (Å²) < 4.78 is 0. The molecule has 0 radical (unpaired) electrons. The first-order valence-corrected chi connectivity index (χ1v) is 7.19. The van der Waals surface area contributed by atoms with E-state index in [9.17, 15) is 0 Å². The van der Waals surface area contributed by atoms with Gasteiger partial charge < -0.3 is 0 Å². The van der Waals surface area contributed by atoms with Crippen LogP contribution in [0.2, 0.25) is 0 Å². The van der Waals surface area contributed by atoms with E-state index in [1.807, 2.05) is 11.8 Å². The van der Waals surface area contributed by atoms with E-state index < -0.39 is 0 Å². The van der Waals surface area contributed by atoms with E-state index >= 15 is 0 Å². The summed E-state index contributed by atoms with van der Waals surface area (Å²) in [5, 5.41) is 0. The zero-order valence-electron chi connectivity index (χ0n) is 10.3. The lowest BCUT2D eigenvalue weighted by Crippen LogP contribution is -2.00. The first-order chi connectivity index (χ1) is 7.20. The van der Waals surface area contributed by atoms with Crippen LogP contribution in [-0.4, -0.2) is 6.26 Å². The Bertz CT molecular complexity index is 302. The zero-order valence-corrected chi connectivity index (χ0v) is 11.2. The van der Waals surface area contributed by atoms with Crippen LogP contribution in [-0.2, 0) is 12.2 Å². The maximum Gasteiger partial charge on any atom is 0.0187 e. The van der Waals surface area contributed by atoms with Gasteiger partial charge in [0.15, 0.2) is 0 Å². The van der Waals surface area contributed by atoms with Crippen LogP contribution >= 0.6 is 11.8 Å². The van der Waals surface area contributed by atoms with Crippen molar-refractivity contribution in [1.29, 1.82) is 0 Å². The first-order valence-electron chi connectivity index (χ1n) is 5.80. The smallest absolute Gasteiger partial charge is 0.0187 e. The van der Waals surface area contributed by atoms with Crippen LogP contribution in [0.15, 0.2) is 18.2 Å². The minimum Gasteiger partial charge on any atom is -0.161 e. The molecule has 0 aliphatic heterocycles. The Morgan fingerprint density at radius 1 is 1.27 bits per heavy atom. The molecule has 1 aromatic carbocycles. The van der Waals surface area contributed by atoms with Gasteiger partial charge in [-0.25, -0.2) is 0 Å². The molecule has 1 aromatic rings. The van der Waals surface area contributed by atoms with Gasteiger partial charge in [-0.1, -0.05) is 45.4 Å². The maximum atomic E-state index is 2.29. The molecule has 1 heteroatoms. The molecule has 0 aliphatic carbocycles. The lowest BCUT2D eigenvalue weighted by Gasteiger charge is -2.16. The fourth-order valence-electron chi connectivity index (χ4n) is 2.02. The van der Waals surface area contributed by atoms with Crippen molar-refractivity contribution >= 4 is 11.8 Å². The average molecular weight is 222 g/mol. The summed E-state index contributed by atoms with van der Waals surface area (Å²) in [6, 6.07) is 6.79. The highest BCUT2D eigenvalue weighted by Crippen LogP contribution is 2.26. The quantitative estimate of drug-likeness (QED) is 0.700. The van der Waals surface area contributed by atoms with Crippen LogP contribution in [0.1, 0.15) is 49.8 Å². The van der Waals surface area contributed by atoms with E-state index in [0.717, 1.165) is 5.75 Å². The molecule has 0 saturated carbocycles. The second kappa shape index (κ2) is 6.22. The van der Waals surface area contributed by atoms with Crippen LogP contribution in [0, 0.1) is 0 Å². The normalized spacial score (nSPS) is 11.0. The van der Waals surface area contributed by atoms with Crippen molar-refractivity contribution in [1.82, 2.24) is 0 Å². The second-order valence-corrected chi connectivity index (χ2v) is 5.19. The average Bonchev–Trinajstić information content (AvgIpc) is 2.21. The summed E-state index contributed by atoms with van der Waals surface area (Å²) >= 11 is 1.93. The molecule has 0 nitrogen and oxygen atoms in total. The van der Waals surface area contributed by atoms with Gasteiger partial charge in [-0.3, -0.25) is 0 Å². The predicted octanol–water partition coefficient (Wildman–Crippen LogP) is 4.63. The standard InChI is InChI=1S/C14H22S/c1-5-7-12-8-6-9-13(11(2)3)14(12)10-15-4/h6,8-9,11H,5,7,10H2,1-4H3. The van der Waals surface area contributed by atoms with Crippen molar-refractivity contribution in [2.45, 2.75) is 45.3 Å². The molecule has 0 bridgehead atoms. The van der Waals surface area contributed by atoms with Crippen LogP contribution in [0.3, 0.4) is 0 Å². The van der Waals surface area contributed by atoms with E-state index in [1.54, 1.807) is 11.1 Å². The van der Waals surface area contributed by atoms with Gasteiger partial charge in [-0.05, 0) is 35.3 Å². The summed E-state index contributed by atoms with van der Waals surface area (Å²) in [5.74, 6) is 1.80. The summed E-state index contributed by atoms with van der Waals surface area (Å²) in [7, 11) is 0. The number of hydrogen-bond donors (Lipinski definition) is 0. The van der Waals surface area contributed by atoms with Gasteiger partial charge in [0, 0.05) is 5.75 Å². The Labute approximate surface area is 98.5 Å². The molecule has 0 aliphatic rings. The Kier molecular flexibility index (Phi) is 5.24. The van der Waals surface area contributed by atoms with Crippen LogP contribution in [0.4, 0.5) is 0 Å². The van der Waals surface area contributed by atoms with E-state index in [1.165, 1.54) is 18.4 Å². The third-order valence-corrected chi connectivity index (χ3v) is 3.32. The molecule has 0 spiro atoms. The largest absolute Gasteiger partial charge is 0.161 e. The maximum absolute atomic E-state index is 2.29. The predicted molar refractivity (Wildman–Crippen MR) is 71.7 cm³/mol. The highest BCUT2D eigenvalue weighted by atomic mass is 32.2. The summed E-state index contributed by atoms with van der Waals surface area (Å²) in [5.41, 5.74) is 4.68. The van der Waals surface area contributed by atoms with Gasteiger partial charge >= 0.3 is 0 Å². The minimum atomic E-state index is 0.643. The molecular formula is C14H22S. The Hall–Kier alpha value is -0.430. The van der Waals surface area contributed by atoms with Crippen molar-refractivity contribution in [2.75, 3.05) is 6.26 Å². The van der Waals surface area contributed by atoms with Crippen LogP contribution < -0.4 is 0 Å². The van der Waals surface area contributed by atoms with Gasteiger partial charge in [0.1, 0.15) is 0 Å². The highest BCUT2D eigenvalue weighted by molar-refractivity contribution is 7.97. The monoisotopic (exact) mass is 222 g/mol. The molecule has 0 atom stereocenters. The van der Waals surface area contributed by atoms with Crippen molar-refractivity contribution in [3.63, 3.8) is 0 Å². The molecular weight excluding hydrogens is 200 g/mol. The van der Waals surface area contributed by atoms with Crippen LogP contribution in [0.25, 0.3) is 0 Å². The summed E-state index contributed by atoms with van der Waals surface area (Å²) in [4.78, 5) is 0. The van der Waals surface area contributed by atoms with Gasteiger partial charge in [-0.2, -0.15) is 11.8 Å². The van der Waals surface area contributed by atoms with Gasteiger partial charge in [0.25, 0.3) is 0 Å². The summed E-state index contributed by atoms with van der Waals surface area (Å²) in [6.45, 7) is 6.83. The van der Waals surface area contributed by atoms with Crippen molar-refractivity contribution in [3.8, 4) is 0 Å². The SMILES string of the molecule is CCCc1cccc(C(C)C)c1CSC. The number of aryl methyl sites for hydroxylation is 1. The topological polar surface area (TPSA) is 0 Å². The molecule has 84 valence electrons. The molecule has 0 saturated heterocycles. The van der Waals surface area contributed by atoms with Gasteiger partial charge in [-0.15, -0.1) is 0 Å². The van der Waals surface area contributed by atoms with Crippen LogP contribution in [0.5, 0.6) is 0 Å². The number of benzene rings is 1. The molecule has 0 unspecified atom stereocenters.